The Morgan fingerprint density at radius 1 is 0.971 bits per heavy atom. The molecule has 1 aliphatic carbocycles. The highest BCUT2D eigenvalue weighted by Crippen LogP contribution is 2.33. The maximum absolute atomic E-state index is 12.8. The van der Waals surface area contributed by atoms with E-state index in [9.17, 15) is 10.1 Å². The highest BCUT2D eigenvalue weighted by atomic mass is 16.5. The Labute approximate surface area is 203 Å². The number of carbonyl (C=O) groups is 1. The van der Waals surface area contributed by atoms with E-state index in [2.05, 4.69) is 26.7 Å². The van der Waals surface area contributed by atoms with Crippen molar-refractivity contribution in [2.45, 2.75) is 19.3 Å². The van der Waals surface area contributed by atoms with Crippen LogP contribution in [-0.2, 0) is 12.8 Å². The highest BCUT2D eigenvalue weighted by molar-refractivity contribution is 6.04. The molecule has 7 nitrogen and oxygen atoms in total. The quantitative estimate of drug-likeness (QED) is 0.371. The number of anilines is 3. The fraction of sp³-hybridized carbons (Fsp3) is 0.143. The van der Waals surface area contributed by atoms with Gasteiger partial charge in [0.15, 0.2) is 0 Å². The van der Waals surface area contributed by atoms with E-state index >= 15 is 0 Å². The van der Waals surface area contributed by atoms with Gasteiger partial charge in [0.2, 0.25) is 0 Å². The van der Waals surface area contributed by atoms with Crippen LogP contribution in [0.2, 0.25) is 0 Å². The molecule has 1 atom stereocenters. The summed E-state index contributed by atoms with van der Waals surface area (Å²) in [5.74, 6) is 1.11. The minimum Gasteiger partial charge on any atom is -0.457 e. The van der Waals surface area contributed by atoms with Crippen LogP contribution in [0.4, 0.5) is 17.1 Å². The van der Waals surface area contributed by atoms with Crippen LogP contribution in [0.1, 0.15) is 28.0 Å². The molecule has 1 aliphatic rings. The fourth-order valence-corrected chi connectivity index (χ4v) is 4.10. The number of aryl methyl sites for hydroxylation is 1. The summed E-state index contributed by atoms with van der Waals surface area (Å²) in [6.07, 6.45) is 7.42. The van der Waals surface area contributed by atoms with Gasteiger partial charge in [0.05, 0.1) is 12.0 Å². The predicted molar refractivity (Wildman–Crippen MR) is 134 cm³/mol. The van der Waals surface area contributed by atoms with Crippen molar-refractivity contribution >= 4 is 23.0 Å². The summed E-state index contributed by atoms with van der Waals surface area (Å²) >= 11 is 0. The summed E-state index contributed by atoms with van der Waals surface area (Å²) in [6.45, 7) is 0. The lowest BCUT2D eigenvalue weighted by Gasteiger charge is -2.21. The van der Waals surface area contributed by atoms with Gasteiger partial charge >= 0.3 is 0 Å². The highest BCUT2D eigenvalue weighted by Gasteiger charge is 2.22. The monoisotopic (exact) mass is 461 g/mol. The second-order valence-electron chi connectivity index (χ2n) is 8.33. The standard InChI is InChI=1S/C28H23N5O2/c29-18-19-4-9-26-25(16-19)27(12-15-31-26)35-24-7-5-20(6-8-24)28(34)33-23-3-1-2-22(17-23)32-21-10-13-30-14-11-21/h1-3,5-8,10-15,17,19H,4,9,16H2,(H,30,32)(H,33,34). The van der Waals surface area contributed by atoms with Crippen LogP contribution in [0, 0.1) is 17.2 Å². The zero-order chi connectivity index (χ0) is 24.0. The van der Waals surface area contributed by atoms with E-state index in [1.807, 2.05) is 42.5 Å². The second-order valence-corrected chi connectivity index (χ2v) is 8.33. The molecule has 35 heavy (non-hydrogen) atoms. The molecule has 5 rings (SSSR count). The summed E-state index contributed by atoms with van der Waals surface area (Å²) in [6, 6.07) is 22.5. The summed E-state index contributed by atoms with van der Waals surface area (Å²) in [5.41, 5.74) is 4.96. The number of fused-ring (bicyclic) bond motifs is 1. The second kappa shape index (κ2) is 10.1. The van der Waals surface area contributed by atoms with Gasteiger partial charge in [0.25, 0.3) is 5.91 Å². The van der Waals surface area contributed by atoms with E-state index < -0.39 is 0 Å². The normalized spacial score (nSPS) is 14.3. The minimum atomic E-state index is -0.212. The Kier molecular flexibility index (Phi) is 6.35. The van der Waals surface area contributed by atoms with E-state index in [1.54, 1.807) is 42.9 Å². The summed E-state index contributed by atoms with van der Waals surface area (Å²) < 4.78 is 6.10. The molecule has 2 heterocycles. The van der Waals surface area contributed by atoms with Gasteiger partial charge in [-0.3, -0.25) is 14.8 Å². The number of carbonyl (C=O) groups excluding carboxylic acids is 1. The Bertz CT molecular complexity index is 1380. The SMILES string of the molecule is N#CC1CCc2nccc(Oc3ccc(C(=O)Nc4cccc(Nc5ccncc5)c4)cc3)c2C1. The number of nitriles is 1. The molecule has 2 aromatic carbocycles. The van der Waals surface area contributed by atoms with Crippen molar-refractivity contribution in [3.63, 3.8) is 0 Å². The molecule has 1 amide bonds. The van der Waals surface area contributed by atoms with Gasteiger partial charge in [0.1, 0.15) is 11.5 Å². The molecule has 0 saturated heterocycles. The number of pyridine rings is 2. The van der Waals surface area contributed by atoms with Gasteiger partial charge in [-0.15, -0.1) is 0 Å². The maximum atomic E-state index is 12.8. The van der Waals surface area contributed by atoms with Crippen LogP contribution in [0.3, 0.4) is 0 Å². The zero-order valence-corrected chi connectivity index (χ0v) is 18.9. The van der Waals surface area contributed by atoms with E-state index in [0.29, 0.717) is 29.2 Å². The molecule has 0 radical (unpaired) electrons. The number of nitrogens with zero attached hydrogens (tertiary/aromatic N) is 3. The molecular formula is C28H23N5O2. The van der Waals surface area contributed by atoms with Gasteiger partial charge in [-0.1, -0.05) is 6.07 Å². The number of hydrogen-bond acceptors (Lipinski definition) is 6. The molecule has 2 aromatic heterocycles. The lowest BCUT2D eigenvalue weighted by Crippen LogP contribution is -2.15. The molecule has 4 aromatic rings. The van der Waals surface area contributed by atoms with E-state index in [-0.39, 0.29) is 11.8 Å². The molecule has 0 aliphatic heterocycles. The molecule has 2 N–H and O–H groups in total. The van der Waals surface area contributed by atoms with Crippen LogP contribution in [-0.4, -0.2) is 15.9 Å². The lowest BCUT2D eigenvalue weighted by molar-refractivity contribution is 0.102. The van der Waals surface area contributed by atoms with Crippen molar-refractivity contribution in [2.24, 2.45) is 5.92 Å². The molecule has 0 bridgehead atoms. The zero-order valence-electron chi connectivity index (χ0n) is 18.9. The third-order valence-electron chi connectivity index (χ3n) is 5.90. The van der Waals surface area contributed by atoms with E-state index in [1.165, 1.54) is 0 Å². The summed E-state index contributed by atoms with van der Waals surface area (Å²) in [7, 11) is 0. The number of aromatic nitrogens is 2. The molecule has 0 spiro atoms. The van der Waals surface area contributed by atoms with Crippen molar-refractivity contribution in [1.82, 2.24) is 9.97 Å². The van der Waals surface area contributed by atoms with Crippen molar-refractivity contribution < 1.29 is 9.53 Å². The van der Waals surface area contributed by atoms with Gasteiger partial charge in [-0.25, -0.2) is 0 Å². The van der Waals surface area contributed by atoms with Crippen LogP contribution in [0.25, 0.3) is 0 Å². The number of hydrogen-bond donors (Lipinski definition) is 2. The van der Waals surface area contributed by atoms with Gasteiger partial charge < -0.3 is 15.4 Å². The molecule has 7 heteroatoms. The average Bonchev–Trinajstić information content (AvgIpc) is 2.90. The third kappa shape index (κ3) is 5.28. The smallest absolute Gasteiger partial charge is 0.255 e. The number of benzene rings is 2. The first kappa shape index (κ1) is 22.1. The molecule has 1 unspecified atom stereocenters. The molecule has 0 fully saturated rings. The van der Waals surface area contributed by atoms with E-state index in [0.717, 1.165) is 35.5 Å². The Morgan fingerprint density at radius 2 is 1.77 bits per heavy atom. The van der Waals surface area contributed by atoms with Crippen LogP contribution >= 0.6 is 0 Å². The van der Waals surface area contributed by atoms with Gasteiger partial charge in [-0.2, -0.15) is 5.26 Å². The Balaban J connectivity index is 1.25. The van der Waals surface area contributed by atoms with Gasteiger partial charge in [0, 0.05) is 52.5 Å². The Hall–Kier alpha value is -4.70. The number of amides is 1. The van der Waals surface area contributed by atoms with Crippen molar-refractivity contribution in [3.8, 4) is 17.6 Å². The summed E-state index contributed by atoms with van der Waals surface area (Å²) in [4.78, 5) is 21.3. The molecular weight excluding hydrogens is 438 g/mol. The first-order chi connectivity index (χ1) is 17.2. The van der Waals surface area contributed by atoms with E-state index in [4.69, 9.17) is 4.74 Å². The van der Waals surface area contributed by atoms with Crippen LogP contribution in [0.5, 0.6) is 11.5 Å². The topological polar surface area (TPSA) is 99.9 Å². The number of rotatable bonds is 6. The van der Waals surface area contributed by atoms with Gasteiger partial charge in [-0.05, 0) is 79.9 Å². The molecule has 0 saturated carbocycles. The maximum Gasteiger partial charge on any atom is 0.255 e. The predicted octanol–water partition coefficient (Wildman–Crippen LogP) is 5.89. The number of ether oxygens (including phenoxy) is 1. The lowest BCUT2D eigenvalue weighted by atomic mass is 9.87. The third-order valence-corrected chi connectivity index (χ3v) is 5.90. The first-order valence-electron chi connectivity index (χ1n) is 11.4. The number of nitrogens with one attached hydrogen (secondary N) is 2. The summed E-state index contributed by atoms with van der Waals surface area (Å²) in [5, 5.41) is 15.5. The Morgan fingerprint density at radius 3 is 2.57 bits per heavy atom. The van der Waals surface area contributed by atoms with Crippen LogP contribution in [0.15, 0.2) is 85.3 Å². The van der Waals surface area contributed by atoms with Crippen LogP contribution < -0.4 is 15.4 Å². The first-order valence-corrected chi connectivity index (χ1v) is 11.4. The largest absolute Gasteiger partial charge is 0.457 e. The van der Waals surface area contributed by atoms with Crippen molar-refractivity contribution in [3.05, 3.63) is 102 Å². The van der Waals surface area contributed by atoms with Crippen molar-refractivity contribution in [1.29, 1.82) is 5.26 Å². The minimum absolute atomic E-state index is 0.0153. The average molecular weight is 462 g/mol. The van der Waals surface area contributed by atoms with Crippen molar-refractivity contribution in [2.75, 3.05) is 10.6 Å². The molecule has 172 valence electrons. The fourth-order valence-electron chi connectivity index (χ4n) is 4.10.